The molecule has 0 atom stereocenters. The molecule has 4 heteroatoms. The summed E-state index contributed by atoms with van der Waals surface area (Å²) in [6, 6.07) is 5.77. The van der Waals surface area contributed by atoms with E-state index < -0.39 is 0 Å². The molecule has 0 fully saturated rings. The van der Waals surface area contributed by atoms with Gasteiger partial charge in [-0.1, -0.05) is 6.42 Å². The molecular weight excluding hydrogens is 276 g/mol. The van der Waals surface area contributed by atoms with Crippen LogP contribution in [0.3, 0.4) is 0 Å². The quantitative estimate of drug-likeness (QED) is 0.641. The molecule has 3 rings (SSSR count). The highest BCUT2D eigenvalue weighted by atomic mass is 16.5. The van der Waals surface area contributed by atoms with Gasteiger partial charge in [-0.25, -0.2) is 4.79 Å². The number of ether oxygens (including phenoxy) is 1. The third kappa shape index (κ3) is 3.01. The van der Waals surface area contributed by atoms with E-state index >= 15 is 0 Å². The van der Waals surface area contributed by atoms with E-state index in [-0.39, 0.29) is 5.97 Å². The number of pyridine rings is 2. The van der Waals surface area contributed by atoms with Crippen molar-refractivity contribution in [3.63, 3.8) is 0 Å². The first-order valence-corrected chi connectivity index (χ1v) is 7.90. The summed E-state index contributed by atoms with van der Waals surface area (Å²) >= 11 is 0. The van der Waals surface area contributed by atoms with Gasteiger partial charge in [-0.05, 0) is 56.4 Å². The van der Waals surface area contributed by atoms with Crippen molar-refractivity contribution < 1.29 is 9.53 Å². The number of rotatable bonds is 3. The lowest BCUT2D eigenvalue weighted by atomic mass is 10.0. The van der Waals surface area contributed by atoms with Crippen molar-refractivity contribution in [1.29, 1.82) is 0 Å². The van der Waals surface area contributed by atoms with Crippen LogP contribution >= 0.6 is 0 Å². The Kier molecular flexibility index (Phi) is 4.47. The Bertz CT molecular complexity index is 668. The smallest absolute Gasteiger partial charge is 0.340 e. The zero-order chi connectivity index (χ0) is 15.4. The lowest BCUT2D eigenvalue weighted by molar-refractivity contribution is 0.0526. The minimum atomic E-state index is -0.305. The highest BCUT2D eigenvalue weighted by Crippen LogP contribution is 2.28. The predicted octanol–water partition coefficient (Wildman–Crippen LogP) is 3.59. The highest BCUT2D eigenvalue weighted by molar-refractivity contribution is 5.96. The first kappa shape index (κ1) is 14.7. The van der Waals surface area contributed by atoms with Crippen molar-refractivity contribution in [3.8, 4) is 11.3 Å². The number of carbonyl (C=O) groups is 1. The second-order valence-electron chi connectivity index (χ2n) is 5.51. The van der Waals surface area contributed by atoms with Crippen LogP contribution in [0.5, 0.6) is 0 Å². The number of hydrogen-bond donors (Lipinski definition) is 0. The molecule has 0 radical (unpaired) electrons. The van der Waals surface area contributed by atoms with E-state index in [2.05, 4.69) is 4.98 Å². The lowest BCUT2D eigenvalue weighted by Gasteiger charge is -2.13. The molecule has 0 aromatic carbocycles. The van der Waals surface area contributed by atoms with Gasteiger partial charge in [0.15, 0.2) is 0 Å². The van der Waals surface area contributed by atoms with Crippen LogP contribution in [0, 0.1) is 0 Å². The first-order chi connectivity index (χ1) is 10.8. The number of aryl methyl sites for hydroxylation is 2. The van der Waals surface area contributed by atoms with Gasteiger partial charge in [0.2, 0.25) is 0 Å². The van der Waals surface area contributed by atoms with E-state index in [1.807, 2.05) is 25.1 Å². The standard InChI is InChI=1S/C18H20N2O2/c1-2-22-18(21)15-11-13-7-4-3-5-9-16(13)20-17(15)14-8-6-10-19-12-14/h6,8,10-12H,2-5,7,9H2,1H3. The van der Waals surface area contributed by atoms with Gasteiger partial charge in [0.05, 0.1) is 17.9 Å². The molecule has 22 heavy (non-hydrogen) atoms. The fourth-order valence-electron chi connectivity index (χ4n) is 2.90. The molecule has 0 spiro atoms. The number of aromatic nitrogens is 2. The molecule has 0 amide bonds. The zero-order valence-corrected chi connectivity index (χ0v) is 12.8. The second-order valence-corrected chi connectivity index (χ2v) is 5.51. The minimum absolute atomic E-state index is 0.305. The summed E-state index contributed by atoms with van der Waals surface area (Å²) in [5, 5.41) is 0. The first-order valence-electron chi connectivity index (χ1n) is 7.90. The van der Waals surface area contributed by atoms with Crippen molar-refractivity contribution in [1.82, 2.24) is 9.97 Å². The zero-order valence-electron chi connectivity index (χ0n) is 12.8. The fourth-order valence-corrected chi connectivity index (χ4v) is 2.90. The van der Waals surface area contributed by atoms with Crippen LogP contribution in [-0.4, -0.2) is 22.5 Å². The SMILES string of the molecule is CCOC(=O)c1cc2c(nc1-c1cccnc1)CCCCC2. The maximum absolute atomic E-state index is 12.3. The molecule has 0 unspecified atom stereocenters. The Balaban J connectivity index is 2.13. The fraction of sp³-hybridized carbons (Fsp3) is 0.389. The molecule has 0 saturated carbocycles. The highest BCUT2D eigenvalue weighted by Gasteiger charge is 2.20. The van der Waals surface area contributed by atoms with E-state index in [4.69, 9.17) is 9.72 Å². The van der Waals surface area contributed by atoms with E-state index in [0.717, 1.165) is 36.9 Å². The molecule has 0 aliphatic heterocycles. The Hall–Kier alpha value is -2.23. The molecular formula is C18H20N2O2. The molecule has 4 nitrogen and oxygen atoms in total. The topological polar surface area (TPSA) is 52.1 Å². The molecule has 2 heterocycles. The molecule has 2 aromatic heterocycles. The van der Waals surface area contributed by atoms with Crippen molar-refractivity contribution in [2.24, 2.45) is 0 Å². The van der Waals surface area contributed by atoms with Crippen LogP contribution in [0.15, 0.2) is 30.6 Å². The Morgan fingerprint density at radius 3 is 2.91 bits per heavy atom. The van der Waals surface area contributed by atoms with Gasteiger partial charge in [-0.3, -0.25) is 9.97 Å². The van der Waals surface area contributed by atoms with Crippen molar-refractivity contribution in [2.75, 3.05) is 6.61 Å². The van der Waals surface area contributed by atoms with Crippen LogP contribution in [-0.2, 0) is 17.6 Å². The van der Waals surface area contributed by atoms with Gasteiger partial charge in [0, 0.05) is 23.7 Å². The van der Waals surface area contributed by atoms with Gasteiger partial charge in [-0.2, -0.15) is 0 Å². The number of esters is 1. The number of carbonyl (C=O) groups excluding carboxylic acids is 1. The molecule has 1 aliphatic rings. The van der Waals surface area contributed by atoms with Gasteiger partial charge in [-0.15, -0.1) is 0 Å². The Morgan fingerprint density at radius 2 is 2.14 bits per heavy atom. The van der Waals surface area contributed by atoms with Gasteiger partial charge in [0.1, 0.15) is 0 Å². The van der Waals surface area contributed by atoms with Crippen molar-refractivity contribution >= 4 is 5.97 Å². The van der Waals surface area contributed by atoms with Crippen LogP contribution < -0.4 is 0 Å². The summed E-state index contributed by atoms with van der Waals surface area (Å²) in [7, 11) is 0. The van der Waals surface area contributed by atoms with Crippen LogP contribution in [0.25, 0.3) is 11.3 Å². The van der Waals surface area contributed by atoms with Gasteiger partial charge < -0.3 is 4.74 Å². The number of hydrogen-bond acceptors (Lipinski definition) is 4. The summed E-state index contributed by atoms with van der Waals surface area (Å²) in [5.41, 5.74) is 4.40. The lowest BCUT2D eigenvalue weighted by Crippen LogP contribution is -2.11. The monoisotopic (exact) mass is 296 g/mol. The molecule has 2 aromatic rings. The number of fused-ring (bicyclic) bond motifs is 1. The summed E-state index contributed by atoms with van der Waals surface area (Å²) in [4.78, 5) is 21.3. The van der Waals surface area contributed by atoms with Crippen molar-refractivity contribution in [3.05, 3.63) is 47.4 Å². The van der Waals surface area contributed by atoms with E-state index in [0.29, 0.717) is 17.9 Å². The summed E-state index contributed by atoms with van der Waals surface area (Å²) in [5.74, 6) is -0.305. The van der Waals surface area contributed by atoms with E-state index in [1.54, 1.807) is 12.4 Å². The third-order valence-electron chi connectivity index (χ3n) is 3.98. The maximum Gasteiger partial charge on any atom is 0.340 e. The Labute approximate surface area is 130 Å². The average Bonchev–Trinajstić information content (AvgIpc) is 2.79. The van der Waals surface area contributed by atoms with E-state index in [1.165, 1.54) is 12.0 Å². The Morgan fingerprint density at radius 1 is 1.27 bits per heavy atom. The summed E-state index contributed by atoms with van der Waals surface area (Å²) in [6.07, 6.45) is 8.96. The minimum Gasteiger partial charge on any atom is -0.462 e. The average molecular weight is 296 g/mol. The molecule has 114 valence electrons. The predicted molar refractivity (Wildman–Crippen MR) is 84.7 cm³/mol. The van der Waals surface area contributed by atoms with Gasteiger partial charge >= 0.3 is 5.97 Å². The van der Waals surface area contributed by atoms with Crippen LogP contribution in [0.1, 0.15) is 47.8 Å². The summed E-state index contributed by atoms with van der Waals surface area (Å²) in [6.45, 7) is 2.18. The van der Waals surface area contributed by atoms with Gasteiger partial charge in [0.25, 0.3) is 0 Å². The second kappa shape index (κ2) is 6.69. The normalized spacial score (nSPS) is 14.0. The third-order valence-corrected chi connectivity index (χ3v) is 3.98. The van der Waals surface area contributed by atoms with Crippen LogP contribution in [0.2, 0.25) is 0 Å². The molecule has 0 saturated heterocycles. The van der Waals surface area contributed by atoms with Crippen LogP contribution in [0.4, 0.5) is 0 Å². The molecule has 0 bridgehead atoms. The molecule has 1 aliphatic carbocycles. The molecule has 0 N–H and O–H groups in total. The van der Waals surface area contributed by atoms with E-state index in [9.17, 15) is 4.79 Å². The summed E-state index contributed by atoms with van der Waals surface area (Å²) < 4.78 is 5.21. The number of nitrogens with zero attached hydrogens (tertiary/aromatic N) is 2. The largest absolute Gasteiger partial charge is 0.462 e. The van der Waals surface area contributed by atoms with Crippen molar-refractivity contribution in [2.45, 2.75) is 39.0 Å². The maximum atomic E-state index is 12.3.